The van der Waals surface area contributed by atoms with E-state index >= 15 is 0 Å². The van der Waals surface area contributed by atoms with Crippen LogP contribution in [0.4, 0.5) is 0 Å². The van der Waals surface area contributed by atoms with Crippen LogP contribution >= 0.6 is 17.0 Å². The number of benzene rings is 3. The van der Waals surface area contributed by atoms with Crippen molar-refractivity contribution in [3.05, 3.63) is 89.0 Å². The maximum atomic E-state index is 6.63. The molecule has 147 valence electrons. The summed E-state index contributed by atoms with van der Waals surface area (Å²) < 4.78 is 0.268. The molecular formula is C26H25Cl2Zr. The van der Waals surface area contributed by atoms with Gasteiger partial charge in [-0.3, -0.25) is 0 Å². The Balaban J connectivity index is 2.03. The van der Waals surface area contributed by atoms with E-state index in [4.69, 9.17) is 17.0 Å². The number of hydrogen-bond donors (Lipinski definition) is 0. The summed E-state index contributed by atoms with van der Waals surface area (Å²) in [5, 5.41) is 0. The number of rotatable bonds is 5. The van der Waals surface area contributed by atoms with Crippen molar-refractivity contribution < 1.29 is 19.4 Å². The van der Waals surface area contributed by atoms with Crippen LogP contribution in [0.25, 0.3) is 28.3 Å². The molecule has 3 aromatic carbocycles. The van der Waals surface area contributed by atoms with Crippen molar-refractivity contribution in [2.75, 3.05) is 0 Å². The Morgan fingerprint density at radius 1 is 0.862 bits per heavy atom. The van der Waals surface area contributed by atoms with Gasteiger partial charge in [0.15, 0.2) is 0 Å². The van der Waals surface area contributed by atoms with Crippen molar-refractivity contribution in [3.8, 4) is 22.3 Å². The second-order valence-corrected chi connectivity index (χ2v) is 16.7. The number of hydrogen-bond acceptors (Lipinski definition) is 0. The predicted octanol–water partition coefficient (Wildman–Crippen LogP) is 8.92. The first-order valence-corrected chi connectivity index (χ1v) is 18.0. The predicted molar refractivity (Wildman–Crippen MR) is 124 cm³/mol. The second-order valence-electron chi connectivity index (χ2n) is 7.89. The Hall–Kier alpha value is -1.14. The average Bonchev–Trinajstić information content (AvgIpc) is 3.12. The van der Waals surface area contributed by atoms with Gasteiger partial charge in [0.25, 0.3) is 0 Å². The molecule has 1 unspecified atom stereocenters. The van der Waals surface area contributed by atoms with Gasteiger partial charge >= 0.3 is 190 Å². The summed E-state index contributed by atoms with van der Waals surface area (Å²) in [4.78, 5) is 0. The van der Waals surface area contributed by atoms with Crippen LogP contribution in [0.3, 0.4) is 0 Å². The fraction of sp³-hybridized carbons (Fsp3) is 0.231. The molecule has 0 aromatic heterocycles. The zero-order valence-corrected chi connectivity index (χ0v) is 21.0. The maximum absolute atomic E-state index is 6.63. The van der Waals surface area contributed by atoms with Gasteiger partial charge in [-0.15, -0.1) is 0 Å². The van der Waals surface area contributed by atoms with Gasteiger partial charge in [0.05, 0.1) is 0 Å². The second kappa shape index (κ2) is 8.93. The van der Waals surface area contributed by atoms with E-state index in [-0.39, 0.29) is 3.63 Å². The number of allylic oxidation sites excluding steroid dienone is 1. The summed E-state index contributed by atoms with van der Waals surface area (Å²) in [5.74, 6) is 0.432. The molecule has 0 fully saturated rings. The zero-order valence-electron chi connectivity index (χ0n) is 17.0. The van der Waals surface area contributed by atoms with Crippen molar-refractivity contribution in [1.29, 1.82) is 0 Å². The molecule has 0 bridgehead atoms. The SMILES string of the molecule is CCC1=Cc2c(ccc(C(C)C)c2-c2ccccc2-c2ccccc2)[CH]1[Zr]([Cl])[Cl]. The fourth-order valence-electron chi connectivity index (χ4n) is 4.44. The van der Waals surface area contributed by atoms with Gasteiger partial charge in [0.2, 0.25) is 0 Å². The first-order valence-electron chi connectivity index (χ1n) is 10.2. The van der Waals surface area contributed by atoms with E-state index in [0.29, 0.717) is 5.92 Å². The van der Waals surface area contributed by atoms with E-state index in [1.807, 2.05) is 0 Å². The Bertz CT molecular complexity index is 1050. The summed E-state index contributed by atoms with van der Waals surface area (Å²) in [6, 6.07) is 24.0. The average molecular weight is 500 g/mol. The minimum atomic E-state index is -2.49. The summed E-state index contributed by atoms with van der Waals surface area (Å²) >= 11 is -2.49. The third kappa shape index (κ3) is 3.95. The first-order chi connectivity index (χ1) is 14.0. The van der Waals surface area contributed by atoms with Gasteiger partial charge in [-0.25, -0.2) is 0 Å². The van der Waals surface area contributed by atoms with Crippen molar-refractivity contribution in [2.24, 2.45) is 0 Å². The number of halogens is 2. The summed E-state index contributed by atoms with van der Waals surface area (Å²) in [7, 11) is 13.3. The Morgan fingerprint density at radius 3 is 2.14 bits per heavy atom. The van der Waals surface area contributed by atoms with Crippen LogP contribution in [0.15, 0.2) is 72.3 Å². The molecule has 29 heavy (non-hydrogen) atoms. The molecule has 0 saturated carbocycles. The van der Waals surface area contributed by atoms with E-state index in [1.54, 1.807) is 0 Å². The molecule has 0 aliphatic heterocycles. The van der Waals surface area contributed by atoms with Crippen molar-refractivity contribution in [1.82, 2.24) is 0 Å². The number of fused-ring (bicyclic) bond motifs is 1. The molecule has 4 rings (SSSR count). The van der Waals surface area contributed by atoms with Crippen molar-refractivity contribution >= 4 is 23.1 Å². The van der Waals surface area contributed by atoms with Crippen molar-refractivity contribution in [2.45, 2.75) is 36.7 Å². The van der Waals surface area contributed by atoms with Gasteiger partial charge in [0, 0.05) is 0 Å². The molecule has 1 aliphatic rings. The molecule has 0 saturated heterocycles. The molecule has 0 radical (unpaired) electrons. The molecule has 1 aliphatic carbocycles. The Kier molecular flexibility index (Phi) is 6.50. The van der Waals surface area contributed by atoms with Crippen molar-refractivity contribution in [3.63, 3.8) is 0 Å². The quantitative estimate of drug-likeness (QED) is 0.329. The molecule has 3 heteroatoms. The summed E-state index contributed by atoms with van der Waals surface area (Å²) in [5.41, 5.74) is 10.6. The van der Waals surface area contributed by atoms with E-state index < -0.39 is 19.4 Å². The Labute approximate surface area is 189 Å². The van der Waals surface area contributed by atoms with E-state index in [0.717, 1.165) is 6.42 Å². The molecular weight excluding hydrogens is 474 g/mol. The molecule has 0 heterocycles. The van der Waals surface area contributed by atoms with Crippen LogP contribution in [-0.2, 0) is 19.4 Å². The van der Waals surface area contributed by atoms with Crippen LogP contribution < -0.4 is 0 Å². The van der Waals surface area contributed by atoms with E-state index in [2.05, 4.69) is 93.6 Å². The third-order valence-corrected chi connectivity index (χ3v) is 11.2. The van der Waals surface area contributed by atoms with Gasteiger partial charge in [-0.2, -0.15) is 0 Å². The molecule has 0 nitrogen and oxygen atoms in total. The molecule has 0 N–H and O–H groups in total. The standard InChI is InChI=1S/C26H25.2ClH.Zr/c1-4-19-16-21-14-15-22(18(2)3)26(25(21)17-19)24-13-9-8-12-23(24)20-10-6-5-7-11-20;;;/h5-18H,4H2,1-3H3;2*1H;/q;;;+2/p-2. The van der Waals surface area contributed by atoms with E-state index in [1.165, 1.54) is 44.5 Å². The summed E-state index contributed by atoms with van der Waals surface area (Å²) in [6.45, 7) is 6.76. The van der Waals surface area contributed by atoms with Gasteiger partial charge in [-0.1, -0.05) is 0 Å². The van der Waals surface area contributed by atoms with Crippen LogP contribution in [0.1, 0.15) is 53.4 Å². The van der Waals surface area contributed by atoms with Crippen LogP contribution in [0, 0.1) is 0 Å². The zero-order chi connectivity index (χ0) is 20.5. The van der Waals surface area contributed by atoms with Crippen LogP contribution in [-0.4, -0.2) is 0 Å². The monoisotopic (exact) mass is 497 g/mol. The van der Waals surface area contributed by atoms with Crippen LogP contribution in [0.5, 0.6) is 0 Å². The van der Waals surface area contributed by atoms with Gasteiger partial charge in [0.1, 0.15) is 0 Å². The first kappa shape index (κ1) is 21.1. The topological polar surface area (TPSA) is 0 Å². The van der Waals surface area contributed by atoms with Crippen LogP contribution in [0.2, 0.25) is 0 Å². The summed E-state index contributed by atoms with van der Waals surface area (Å²) in [6.07, 6.45) is 3.38. The molecule has 0 spiro atoms. The third-order valence-electron chi connectivity index (χ3n) is 5.85. The molecule has 1 atom stereocenters. The normalized spacial score (nSPS) is 15.4. The fourth-order valence-corrected chi connectivity index (χ4v) is 10.1. The Morgan fingerprint density at radius 2 is 1.52 bits per heavy atom. The molecule has 3 aromatic rings. The van der Waals surface area contributed by atoms with E-state index in [9.17, 15) is 0 Å². The minimum absolute atomic E-state index is 0.268. The van der Waals surface area contributed by atoms with Gasteiger partial charge < -0.3 is 0 Å². The molecule has 0 amide bonds. The van der Waals surface area contributed by atoms with Gasteiger partial charge in [-0.05, 0) is 0 Å².